The molecule has 1 fully saturated rings. The summed E-state index contributed by atoms with van der Waals surface area (Å²) in [4.78, 5) is 13.4. The van der Waals surface area contributed by atoms with Crippen molar-refractivity contribution in [3.05, 3.63) is 18.0 Å². The zero-order valence-electron chi connectivity index (χ0n) is 15.1. The molecule has 1 aromatic heterocycles. The number of aromatic nitrogens is 2. The fraction of sp³-hybridized carbons (Fsp3) is 0.765. The largest absolute Gasteiger partial charge is 0.303 e. The number of carbonyl (C=O) groups excluding carboxylic acids is 1. The van der Waals surface area contributed by atoms with E-state index in [1.54, 1.807) is 6.92 Å². The average molecular weight is 323 g/mol. The molecule has 0 unspecified atom stereocenters. The molecule has 23 heavy (non-hydrogen) atoms. The molecule has 1 aliphatic heterocycles. The SMILES string of the molecule is CC.CNNCc1cnn(C2CCN(CCCC(C)=O)CC2)c1. The molecule has 1 aromatic rings. The van der Waals surface area contributed by atoms with E-state index in [-0.39, 0.29) is 0 Å². The molecule has 0 spiro atoms. The fourth-order valence-electron chi connectivity index (χ4n) is 2.82. The van der Waals surface area contributed by atoms with Gasteiger partial charge in [0, 0.05) is 37.8 Å². The van der Waals surface area contributed by atoms with Gasteiger partial charge in [-0.15, -0.1) is 0 Å². The molecule has 0 bridgehead atoms. The maximum absolute atomic E-state index is 11.0. The summed E-state index contributed by atoms with van der Waals surface area (Å²) >= 11 is 0. The van der Waals surface area contributed by atoms with Gasteiger partial charge in [0.05, 0.1) is 12.2 Å². The van der Waals surface area contributed by atoms with Crippen LogP contribution in [0.5, 0.6) is 0 Å². The van der Waals surface area contributed by atoms with Crippen molar-refractivity contribution in [1.29, 1.82) is 0 Å². The Balaban J connectivity index is 0.00000127. The van der Waals surface area contributed by atoms with Crippen LogP contribution in [-0.2, 0) is 11.3 Å². The van der Waals surface area contributed by atoms with Crippen molar-refractivity contribution < 1.29 is 4.79 Å². The van der Waals surface area contributed by atoms with Crippen molar-refractivity contribution in [2.75, 3.05) is 26.7 Å². The summed E-state index contributed by atoms with van der Waals surface area (Å²) in [5.41, 5.74) is 7.20. The number of nitrogens with one attached hydrogen (secondary N) is 2. The van der Waals surface area contributed by atoms with Gasteiger partial charge in [0.15, 0.2) is 0 Å². The standard InChI is InChI=1S/C15H27N5O.C2H6/c1-13(21)4-3-7-19-8-5-15(6-9-19)20-12-14(11-18-20)10-17-16-2;1-2/h11-12,15-17H,3-10H2,1-2H3;1-2H3. The first-order chi connectivity index (χ1) is 11.2. The van der Waals surface area contributed by atoms with Gasteiger partial charge in [-0.05, 0) is 39.8 Å². The fourth-order valence-corrected chi connectivity index (χ4v) is 2.82. The predicted octanol–water partition coefficient (Wildman–Crippen LogP) is 2.14. The maximum Gasteiger partial charge on any atom is 0.129 e. The van der Waals surface area contributed by atoms with Crippen LogP contribution in [0.3, 0.4) is 0 Å². The van der Waals surface area contributed by atoms with Gasteiger partial charge in [-0.25, -0.2) is 0 Å². The number of rotatable bonds is 8. The van der Waals surface area contributed by atoms with Gasteiger partial charge in [0.2, 0.25) is 0 Å². The Morgan fingerprint density at radius 3 is 2.65 bits per heavy atom. The monoisotopic (exact) mass is 323 g/mol. The number of likely N-dealkylation sites (tertiary alicyclic amines) is 1. The van der Waals surface area contributed by atoms with E-state index in [4.69, 9.17) is 0 Å². The van der Waals surface area contributed by atoms with Gasteiger partial charge in [0.25, 0.3) is 0 Å². The molecule has 0 aliphatic carbocycles. The third kappa shape index (κ3) is 7.24. The van der Waals surface area contributed by atoms with Crippen molar-refractivity contribution in [2.24, 2.45) is 0 Å². The lowest BCUT2D eigenvalue weighted by molar-refractivity contribution is -0.117. The molecule has 2 rings (SSSR count). The Bertz CT molecular complexity index is 438. The molecule has 0 amide bonds. The van der Waals surface area contributed by atoms with Crippen molar-refractivity contribution in [2.45, 2.75) is 59.0 Å². The van der Waals surface area contributed by atoms with Crippen LogP contribution in [0.15, 0.2) is 12.4 Å². The topological polar surface area (TPSA) is 62.2 Å². The molecule has 2 heterocycles. The maximum atomic E-state index is 11.0. The van der Waals surface area contributed by atoms with Gasteiger partial charge >= 0.3 is 0 Å². The highest BCUT2D eigenvalue weighted by atomic mass is 16.1. The lowest BCUT2D eigenvalue weighted by atomic mass is 10.0. The number of piperidine rings is 1. The van der Waals surface area contributed by atoms with Crippen molar-refractivity contribution in [3.8, 4) is 0 Å². The molecular weight excluding hydrogens is 290 g/mol. The van der Waals surface area contributed by atoms with E-state index in [0.29, 0.717) is 18.2 Å². The summed E-state index contributed by atoms with van der Waals surface area (Å²) in [6.45, 7) is 9.71. The van der Waals surface area contributed by atoms with Crippen LogP contribution in [0.2, 0.25) is 0 Å². The van der Waals surface area contributed by atoms with Crippen molar-refractivity contribution >= 4 is 5.78 Å². The quantitative estimate of drug-likeness (QED) is 0.718. The Labute approximate surface area is 140 Å². The minimum Gasteiger partial charge on any atom is -0.303 e. The Kier molecular flexibility index (Phi) is 9.75. The summed E-state index contributed by atoms with van der Waals surface area (Å²) in [5, 5.41) is 4.49. The molecule has 0 radical (unpaired) electrons. The van der Waals surface area contributed by atoms with Crippen molar-refractivity contribution in [3.63, 3.8) is 0 Å². The predicted molar refractivity (Wildman–Crippen MR) is 94.1 cm³/mol. The van der Waals surface area contributed by atoms with Crippen LogP contribution in [-0.4, -0.2) is 47.1 Å². The number of Topliss-reactive ketones (excluding diaryl/α,β-unsaturated/α-hetero) is 1. The van der Waals surface area contributed by atoms with Gasteiger partial charge in [0.1, 0.15) is 5.78 Å². The Morgan fingerprint density at radius 1 is 1.35 bits per heavy atom. The number of hydrazine groups is 1. The van der Waals surface area contributed by atoms with Crippen molar-refractivity contribution in [1.82, 2.24) is 25.5 Å². The highest BCUT2D eigenvalue weighted by Gasteiger charge is 2.20. The molecule has 0 aromatic carbocycles. The van der Waals surface area contributed by atoms with E-state index in [2.05, 4.69) is 31.7 Å². The molecular formula is C17H33N5O. The summed E-state index contributed by atoms with van der Waals surface area (Å²) in [7, 11) is 1.87. The minimum absolute atomic E-state index is 0.295. The summed E-state index contributed by atoms with van der Waals surface area (Å²) in [5.74, 6) is 0.295. The zero-order chi connectivity index (χ0) is 17.1. The molecule has 6 nitrogen and oxygen atoms in total. The highest BCUT2D eigenvalue weighted by Crippen LogP contribution is 2.22. The summed E-state index contributed by atoms with van der Waals surface area (Å²) in [6.07, 6.45) is 8.05. The van der Waals surface area contributed by atoms with Gasteiger partial charge in [-0.3, -0.25) is 15.5 Å². The normalized spacial score (nSPS) is 16.0. The van der Waals surface area contributed by atoms with E-state index in [0.717, 1.165) is 45.4 Å². The zero-order valence-corrected chi connectivity index (χ0v) is 15.1. The molecule has 0 saturated carbocycles. The number of ketones is 1. The lowest BCUT2D eigenvalue weighted by Gasteiger charge is -2.31. The van der Waals surface area contributed by atoms with E-state index >= 15 is 0 Å². The van der Waals surface area contributed by atoms with Gasteiger partial charge < -0.3 is 9.69 Å². The first kappa shape index (κ1) is 19.8. The van der Waals surface area contributed by atoms with Crippen LogP contribution >= 0.6 is 0 Å². The first-order valence-electron chi connectivity index (χ1n) is 8.83. The number of hydrogen-bond donors (Lipinski definition) is 2. The minimum atomic E-state index is 0.295. The van der Waals surface area contributed by atoms with Gasteiger partial charge in [-0.2, -0.15) is 5.10 Å². The molecule has 1 aliphatic rings. The average Bonchev–Trinajstić information content (AvgIpc) is 3.04. The van der Waals surface area contributed by atoms with Crippen LogP contribution in [0.25, 0.3) is 0 Å². The summed E-state index contributed by atoms with van der Waals surface area (Å²) < 4.78 is 2.11. The molecule has 6 heteroatoms. The molecule has 132 valence electrons. The van der Waals surface area contributed by atoms with Crippen LogP contribution in [0.4, 0.5) is 0 Å². The van der Waals surface area contributed by atoms with Crippen LogP contribution < -0.4 is 10.9 Å². The third-order valence-corrected chi connectivity index (χ3v) is 4.06. The Hall–Kier alpha value is -1.24. The second kappa shape index (κ2) is 11.3. The van der Waals surface area contributed by atoms with Gasteiger partial charge in [-0.1, -0.05) is 13.8 Å². The number of carbonyl (C=O) groups is 1. The molecule has 2 N–H and O–H groups in total. The van der Waals surface area contributed by atoms with Crippen LogP contribution in [0.1, 0.15) is 58.1 Å². The smallest absolute Gasteiger partial charge is 0.129 e. The Morgan fingerprint density at radius 2 is 2.04 bits per heavy atom. The lowest BCUT2D eigenvalue weighted by Crippen LogP contribution is -2.35. The van der Waals surface area contributed by atoms with E-state index < -0.39 is 0 Å². The number of hydrogen-bond acceptors (Lipinski definition) is 5. The van der Waals surface area contributed by atoms with Crippen LogP contribution in [0, 0.1) is 0 Å². The molecule has 1 saturated heterocycles. The van der Waals surface area contributed by atoms with E-state index in [1.807, 2.05) is 27.1 Å². The third-order valence-electron chi connectivity index (χ3n) is 4.06. The second-order valence-electron chi connectivity index (χ2n) is 5.81. The summed E-state index contributed by atoms with van der Waals surface area (Å²) in [6, 6.07) is 0.511. The second-order valence-corrected chi connectivity index (χ2v) is 5.81. The molecule has 0 atom stereocenters. The van der Waals surface area contributed by atoms with E-state index in [1.165, 1.54) is 5.56 Å². The number of nitrogens with zero attached hydrogens (tertiary/aromatic N) is 3. The first-order valence-corrected chi connectivity index (χ1v) is 8.83. The highest BCUT2D eigenvalue weighted by molar-refractivity contribution is 5.75. The van der Waals surface area contributed by atoms with E-state index in [9.17, 15) is 4.79 Å².